The maximum atomic E-state index is 5.51. The first-order valence-electron chi connectivity index (χ1n) is 7.38. The molecule has 1 aliphatic heterocycles. The summed E-state index contributed by atoms with van der Waals surface area (Å²) in [6.07, 6.45) is 6.09. The summed E-state index contributed by atoms with van der Waals surface area (Å²) in [5.41, 5.74) is 2.29. The summed E-state index contributed by atoms with van der Waals surface area (Å²) in [5, 5.41) is 7.16. The van der Waals surface area contributed by atoms with Gasteiger partial charge >= 0.3 is 0 Å². The summed E-state index contributed by atoms with van der Waals surface area (Å²) < 4.78 is 5.51. The second-order valence-electron chi connectivity index (χ2n) is 5.92. The van der Waals surface area contributed by atoms with Gasteiger partial charge in [-0.2, -0.15) is 5.10 Å². The average Bonchev–Trinajstić information content (AvgIpc) is 3.10. The van der Waals surface area contributed by atoms with Crippen molar-refractivity contribution >= 4 is 0 Å². The minimum atomic E-state index is 0.350. The van der Waals surface area contributed by atoms with Gasteiger partial charge in [-0.3, -0.25) is 10.00 Å². The molecule has 2 aromatic heterocycles. The Morgan fingerprint density at radius 3 is 3.10 bits per heavy atom. The minimum Gasteiger partial charge on any atom is -0.448 e. The molecule has 0 saturated carbocycles. The molecule has 0 bridgehead atoms. The van der Waals surface area contributed by atoms with Crippen LogP contribution in [0.2, 0.25) is 0 Å². The van der Waals surface area contributed by atoms with E-state index in [2.05, 4.69) is 40.0 Å². The summed E-state index contributed by atoms with van der Waals surface area (Å²) in [5.74, 6) is 1.74. The van der Waals surface area contributed by atoms with E-state index in [0.29, 0.717) is 11.8 Å². The van der Waals surface area contributed by atoms with E-state index in [4.69, 9.17) is 4.42 Å². The number of aromatic nitrogens is 3. The first-order valence-corrected chi connectivity index (χ1v) is 7.38. The monoisotopic (exact) mass is 274 g/mol. The Morgan fingerprint density at radius 2 is 2.40 bits per heavy atom. The fourth-order valence-corrected chi connectivity index (χ4v) is 2.84. The lowest BCUT2D eigenvalue weighted by molar-refractivity contribution is 0.196. The van der Waals surface area contributed by atoms with E-state index in [0.717, 1.165) is 31.2 Å². The number of piperidine rings is 1. The number of hydrogen-bond donors (Lipinski definition) is 1. The number of rotatable bonds is 4. The van der Waals surface area contributed by atoms with Crippen molar-refractivity contribution in [3.05, 3.63) is 35.8 Å². The van der Waals surface area contributed by atoms with E-state index in [1.54, 1.807) is 6.26 Å². The van der Waals surface area contributed by atoms with Gasteiger partial charge in [0, 0.05) is 36.8 Å². The minimum absolute atomic E-state index is 0.350. The molecule has 1 N–H and O–H groups in total. The van der Waals surface area contributed by atoms with Crippen molar-refractivity contribution < 1.29 is 4.42 Å². The maximum Gasteiger partial charge on any atom is 0.196 e. The number of hydrogen-bond acceptors (Lipinski definition) is 4. The highest BCUT2D eigenvalue weighted by atomic mass is 16.3. The van der Waals surface area contributed by atoms with Gasteiger partial charge in [0.15, 0.2) is 5.89 Å². The van der Waals surface area contributed by atoms with Gasteiger partial charge in [-0.1, -0.05) is 13.8 Å². The smallest absolute Gasteiger partial charge is 0.196 e. The molecule has 1 unspecified atom stereocenters. The van der Waals surface area contributed by atoms with Crippen molar-refractivity contribution in [1.29, 1.82) is 0 Å². The van der Waals surface area contributed by atoms with Crippen LogP contribution in [0.4, 0.5) is 0 Å². The maximum absolute atomic E-state index is 5.51. The molecule has 5 heteroatoms. The van der Waals surface area contributed by atoms with E-state index < -0.39 is 0 Å². The zero-order chi connectivity index (χ0) is 13.9. The lowest BCUT2D eigenvalue weighted by Crippen LogP contribution is -2.34. The third-order valence-electron chi connectivity index (χ3n) is 3.92. The number of oxazole rings is 1. The summed E-state index contributed by atoms with van der Waals surface area (Å²) in [7, 11) is 0. The molecule has 0 spiro atoms. The molecule has 0 amide bonds. The lowest BCUT2D eigenvalue weighted by Gasteiger charge is -2.31. The number of likely N-dealkylation sites (tertiary alicyclic amines) is 1. The van der Waals surface area contributed by atoms with Crippen LogP contribution < -0.4 is 0 Å². The second-order valence-corrected chi connectivity index (χ2v) is 5.92. The average molecular weight is 274 g/mol. The predicted octanol–water partition coefficient (Wildman–Crippen LogP) is 2.90. The first-order chi connectivity index (χ1) is 9.72. The van der Waals surface area contributed by atoms with E-state index in [1.165, 1.54) is 18.5 Å². The molecule has 108 valence electrons. The van der Waals surface area contributed by atoms with Gasteiger partial charge in [-0.25, -0.2) is 4.98 Å². The van der Waals surface area contributed by atoms with E-state index in [1.807, 2.05) is 6.20 Å². The molecule has 0 aliphatic carbocycles. The number of nitrogens with zero attached hydrogens (tertiary/aromatic N) is 3. The zero-order valence-corrected chi connectivity index (χ0v) is 12.2. The number of nitrogens with one attached hydrogen (secondary N) is 1. The van der Waals surface area contributed by atoms with E-state index >= 15 is 0 Å². The Balaban J connectivity index is 1.62. The molecule has 3 heterocycles. The Labute approximate surface area is 119 Å². The largest absolute Gasteiger partial charge is 0.448 e. The van der Waals surface area contributed by atoms with Gasteiger partial charge in [-0.15, -0.1) is 0 Å². The highest BCUT2D eigenvalue weighted by Gasteiger charge is 2.23. The van der Waals surface area contributed by atoms with Crippen LogP contribution in [-0.4, -0.2) is 33.2 Å². The molecule has 1 saturated heterocycles. The SMILES string of the molecule is CC(C)c1nc(CN2CCCC(c3ccn[nH]3)C2)co1. The molecular formula is C15H22N4O. The van der Waals surface area contributed by atoms with Gasteiger partial charge in [0.2, 0.25) is 0 Å². The van der Waals surface area contributed by atoms with Crippen molar-refractivity contribution in [2.24, 2.45) is 0 Å². The van der Waals surface area contributed by atoms with Gasteiger partial charge in [0.25, 0.3) is 0 Å². The summed E-state index contributed by atoms with van der Waals surface area (Å²) in [6.45, 7) is 7.27. The molecule has 3 rings (SSSR count). The van der Waals surface area contributed by atoms with Crippen LogP contribution in [-0.2, 0) is 6.54 Å². The van der Waals surface area contributed by atoms with E-state index in [9.17, 15) is 0 Å². The van der Waals surface area contributed by atoms with Gasteiger partial charge in [0.05, 0.1) is 5.69 Å². The van der Waals surface area contributed by atoms with Crippen molar-refractivity contribution in [3.8, 4) is 0 Å². The van der Waals surface area contributed by atoms with Crippen LogP contribution >= 0.6 is 0 Å². The van der Waals surface area contributed by atoms with Crippen molar-refractivity contribution in [2.75, 3.05) is 13.1 Å². The molecular weight excluding hydrogens is 252 g/mol. The fourth-order valence-electron chi connectivity index (χ4n) is 2.84. The molecule has 5 nitrogen and oxygen atoms in total. The van der Waals surface area contributed by atoms with Crippen LogP contribution in [0, 0.1) is 0 Å². The van der Waals surface area contributed by atoms with Crippen molar-refractivity contribution in [3.63, 3.8) is 0 Å². The summed E-state index contributed by atoms with van der Waals surface area (Å²) >= 11 is 0. The third kappa shape index (κ3) is 2.93. The molecule has 2 aromatic rings. The molecule has 1 aliphatic rings. The number of H-pyrrole nitrogens is 1. The lowest BCUT2D eigenvalue weighted by atomic mass is 9.95. The molecule has 1 atom stereocenters. The fraction of sp³-hybridized carbons (Fsp3) is 0.600. The quantitative estimate of drug-likeness (QED) is 0.931. The number of aromatic amines is 1. The highest BCUT2D eigenvalue weighted by molar-refractivity contribution is 5.08. The van der Waals surface area contributed by atoms with Gasteiger partial charge in [-0.05, 0) is 25.5 Å². The predicted molar refractivity (Wildman–Crippen MR) is 76.4 cm³/mol. The Morgan fingerprint density at radius 1 is 1.50 bits per heavy atom. The van der Waals surface area contributed by atoms with Crippen LogP contribution in [0.15, 0.2) is 22.9 Å². The van der Waals surface area contributed by atoms with Gasteiger partial charge < -0.3 is 4.42 Å². The van der Waals surface area contributed by atoms with Crippen LogP contribution in [0.1, 0.15) is 55.8 Å². The molecule has 0 aromatic carbocycles. The van der Waals surface area contributed by atoms with Crippen LogP contribution in [0.3, 0.4) is 0 Å². The van der Waals surface area contributed by atoms with Gasteiger partial charge in [0.1, 0.15) is 6.26 Å². The standard InChI is InChI=1S/C15H22N4O/c1-11(2)15-17-13(10-20-15)9-19-7-3-4-12(8-19)14-5-6-16-18-14/h5-6,10-12H,3-4,7-9H2,1-2H3,(H,16,18). The molecule has 1 fully saturated rings. The Kier molecular flexibility index (Phi) is 3.87. The second kappa shape index (κ2) is 5.79. The molecule has 0 radical (unpaired) electrons. The first kappa shape index (κ1) is 13.4. The zero-order valence-electron chi connectivity index (χ0n) is 12.2. The topological polar surface area (TPSA) is 58.0 Å². The summed E-state index contributed by atoms with van der Waals surface area (Å²) in [4.78, 5) is 7.02. The highest BCUT2D eigenvalue weighted by Crippen LogP contribution is 2.26. The van der Waals surface area contributed by atoms with Crippen molar-refractivity contribution in [1.82, 2.24) is 20.1 Å². The Hall–Kier alpha value is -1.62. The van der Waals surface area contributed by atoms with E-state index in [-0.39, 0.29) is 0 Å². The Bertz CT molecular complexity index is 532. The van der Waals surface area contributed by atoms with Crippen LogP contribution in [0.25, 0.3) is 0 Å². The molecule has 20 heavy (non-hydrogen) atoms. The normalized spacial score (nSPS) is 20.6. The van der Waals surface area contributed by atoms with Crippen molar-refractivity contribution in [2.45, 2.75) is 45.1 Å². The summed E-state index contributed by atoms with van der Waals surface area (Å²) in [6, 6.07) is 2.08. The third-order valence-corrected chi connectivity index (χ3v) is 3.92. The van der Waals surface area contributed by atoms with Crippen LogP contribution in [0.5, 0.6) is 0 Å².